The number of furan rings is 1. The maximum Gasteiger partial charge on any atom is 0.267 e. The maximum atomic E-state index is 12.3. The molecule has 3 rings (SSSR count). The third kappa shape index (κ3) is 4.46. The molecule has 0 saturated heterocycles. The van der Waals surface area contributed by atoms with Crippen LogP contribution in [-0.2, 0) is 17.8 Å². The first-order valence-electron chi connectivity index (χ1n) is 8.22. The first-order chi connectivity index (χ1) is 12.7. The molecule has 1 atom stereocenters. The normalized spacial score (nSPS) is 11.9. The fourth-order valence-corrected chi connectivity index (χ4v) is 2.59. The van der Waals surface area contributed by atoms with Gasteiger partial charge in [0, 0.05) is 6.07 Å². The lowest BCUT2D eigenvalue weighted by molar-refractivity contribution is -0.122. The van der Waals surface area contributed by atoms with E-state index < -0.39 is 11.9 Å². The molecular weight excluding hydrogens is 334 g/mol. The van der Waals surface area contributed by atoms with Crippen LogP contribution < -0.4 is 10.9 Å². The summed E-state index contributed by atoms with van der Waals surface area (Å²) >= 11 is 0. The van der Waals surface area contributed by atoms with E-state index >= 15 is 0 Å². The lowest BCUT2D eigenvalue weighted by Gasteiger charge is -2.16. The van der Waals surface area contributed by atoms with Gasteiger partial charge in [-0.25, -0.2) is 4.68 Å². The number of hydrogen-bond donors (Lipinski definition) is 2. The largest absolute Gasteiger partial charge is 0.463 e. The number of rotatable bonds is 7. The van der Waals surface area contributed by atoms with Crippen LogP contribution in [0.15, 0.2) is 70.1 Å². The van der Waals surface area contributed by atoms with Gasteiger partial charge in [-0.15, -0.1) is 0 Å². The maximum absolute atomic E-state index is 12.3. The Kier molecular flexibility index (Phi) is 5.60. The number of aliphatic hydroxyl groups excluding tert-OH is 1. The predicted octanol–water partition coefficient (Wildman–Crippen LogP) is 1.22. The lowest BCUT2D eigenvalue weighted by Crippen LogP contribution is -2.42. The molecule has 7 nitrogen and oxygen atoms in total. The summed E-state index contributed by atoms with van der Waals surface area (Å²) in [6.07, 6.45) is 2.01. The molecule has 3 aromatic rings. The van der Waals surface area contributed by atoms with E-state index in [4.69, 9.17) is 4.42 Å². The number of carbonyl (C=O) groups excluding carboxylic acids is 1. The Morgan fingerprint density at radius 1 is 1.15 bits per heavy atom. The van der Waals surface area contributed by atoms with E-state index in [0.717, 1.165) is 10.2 Å². The summed E-state index contributed by atoms with van der Waals surface area (Å²) < 4.78 is 6.33. The first kappa shape index (κ1) is 17.6. The molecule has 0 fully saturated rings. The third-order valence-electron chi connectivity index (χ3n) is 3.84. The van der Waals surface area contributed by atoms with Crippen LogP contribution in [0.3, 0.4) is 0 Å². The quantitative estimate of drug-likeness (QED) is 0.666. The van der Waals surface area contributed by atoms with Gasteiger partial charge in [0.05, 0.1) is 18.9 Å². The van der Waals surface area contributed by atoms with Gasteiger partial charge in [0.2, 0.25) is 5.91 Å². The third-order valence-corrected chi connectivity index (χ3v) is 3.84. The monoisotopic (exact) mass is 353 g/mol. The number of aliphatic hydroxyl groups is 1. The summed E-state index contributed by atoms with van der Waals surface area (Å²) in [6.45, 7) is -0.436. The molecule has 0 unspecified atom stereocenters. The zero-order chi connectivity index (χ0) is 18.4. The Hall–Kier alpha value is -3.19. The Labute approximate surface area is 149 Å². The number of aromatic nitrogens is 2. The highest BCUT2D eigenvalue weighted by atomic mass is 16.3. The molecule has 0 aliphatic heterocycles. The van der Waals surface area contributed by atoms with E-state index in [9.17, 15) is 14.7 Å². The second-order valence-electron chi connectivity index (χ2n) is 5.83. The molecule has 0 aliphatic rings. The molecule has 1 amide bonds. The Morgan fingerprint density at radius 2 is 1.96 bits per heavy atom. The average Bonchev–Trinajstić information content (AvgIpc) is 3.18. The topological polar surface area (TPSA) is 97.4 Å². The van der Waals surface area contributed by atoms with Gasteiger partial charge in [0.25, 0.3) is 5.56 Å². The molecule has 0 spiro atoms. The molecule has 2 aromatic heterocycles. The van der Waals surface area contributed by atoms with Crippen LogP contribution in [0.4, 0.5) is 0 Å². The van der Waals surface area contributed by atoms with Crippen molar-refractivity contribution in [3.63, 3.8) is 0 Å². The fourth-order valence-electron chi connectivity index (χ4n) is 2.59. The number of hydrogen-bond acceptors (Lipinski definition) is 5. The summed E-state index contributed by atoms with van der Waals surface area (Å²) in [5.74, 6) is 0.114. The summed E-state index contributed by atoms with van der Waals surface area (Å²) in [5.41, 5.74) is 1.08. The molecule has 2 N–H and O–H groups in total. The Bertz CT molecular complexity index is 904. The fraction of sp³-hybridized carbons (Fsp3) is 0.211. The molecule has 1 aromatic carbocycles. The number of nitrogens with zero attached hydrogens (tertiary/aromatic N) is 2. The molecule has 0 saturated carbocycles. The molecule has 26 heavy (non-hydrogen) atoms. The van der Waals surface area contributed by atoms with Gasteiger partial charge in [-0.2, -0.15) is 5.10 Å². The lowest BCUT2D eigenvalue weighted by atomic mass is 10.1. The average molecular weight is 353 g/mol. The van der Waals surface area contributed by atoms with E-state index in [1.165, 1.54) is 12.3 Å². The number of benzene rings is 1. The number of carbonyl (C=O) groups is 1. The van der Waals surface area contributed by atoms with Gasteiger partial charge >= 0.3 is 0 Å². The molecule has 0 radical (unpaired) electrons. The van der Waals surface area contributed by atoms with Crippen molar-refractivity contribution in [2.45, 2.75) is 19.0 Å². The van der Waals surface area contributed by atoms with Crippen molar-refractivity contribution in [2.75, 3.05) is 6.61 Å². The molecule has 134 valence electrons. The van der Waals surface area contributed by atoms with Crippen LogP contribution in [-0.4, -0.2) is 33.4 Å². The highest BCUT2D eigenvalue weighted by Crippen LogP contribution is 2.14. The standard InChI is InChI=1S/C19H19N3O4/c23-13-15(11-14-5-2-1-3-6-14)20-18(24)12-22-19(25)9-8-16(21-22)17-7-4-10-26-17/h1-10,15,23H,11-13H2,(H,20,24)/t15-/m1/s1. The van der Waals surface area contributed by atoms with E-state index in [-0.39, 0.29) is 18.7 Å². The second kappa shape index (κ2) is 8.26. The van der Waals surface area contributed by atoms with Crippen LogP contribution in [0.1, 0.15) is 5.56 Å². The van der Waals surface area contributed by atoms with E-state index in [1.54, 1.807) is 18.2 Å². The minimum absolute atomic E-state index is 0.199. The highest BCUT2D eigenvalue weighted by Gasteiger charge is 2.14. The van der Waals surface area contributed by atoms with Crippen LogP contribution in [0.25, 0.3) is 11.5 Å². The Balaban J connectivity index is 1.67. The van der Waals surface area contributed by atoms with E-state index in [1.807, 2.05) is 30.3 Å². The van der Waals surface area contributed by atoms with Gasteiger partial charge in [-0.3, -0.25) is 9.59 Å². The summed E-state index contributed by atoms with van der Waals surface area (Å²) in [6, 6.07) is 15.4. The van der Waals surface area contributed by atoms with Crippen molar-refractivity contribution >= 4 is 5.91 Å². The van der Waals surface area contributed by atoms with Crippen LogP contribution in [0.5, 0.6) is 0 Å². The minimum Gasteiger partial charge on any atom is -0.463 e. The van der Waals surface area contributed by atoms with Crippen molar-refractivity contribution in [1.29, 1.82) is 0 Å². The van der Waals surface area contributed by atoms with E-state index in [0.29, 0.717) is 17.9 Å². The van der Waals surface area contributed by atoms with Crippen molar-refractivity contribution < 1.29 is 14.3 Å². The molecule has 2 heterocycles. The molecule has 0 aliphatic carbocycles. The van der Waals surface area contributed by atoms with Crippen LogP contribution >= 0.6 is 0 Å². The van der Waals surface area contributed by atoms with Crippen molar-refractivity contribution in [2.24, 2.45) is 0 Å². The van der Waals surface area contributed by atoms with Gasteiger partial charge in [-0.1, -0.05) is 30.3 Å². The number of nitrogens with one attached hydrogen (secondary N) is 1. The van der Waals surface area contributed by atoms with Gasteiger partial charge in [0.15, 0.2) is 5.76 Å². The minimum atomic E-state index is -0.436. The van der Waals surface area contributed by atoms with E-state index in [2.05, 4.69) is 10.4 Å². The smallest absolute Gasteiger partial charge is 0.267 e. The number of amides is 1. The zero-order valence-electron chi connectivity index (χ0n) is 14.0. The van der Waals surface area contributed by atoms with Gasteiger partial charge < -0.3 is 14.8 Å². The van der Waals surface area contributed by atoms with Crippen molar-refractivity contribution in [3.8, 4) is 11.5 Å². The van der Waals surface area contributed by atoms with Crippen molar-refractivity contribution in [1.82, 2.24) is 15.1 Å². The van der Waals surface area contributed by atoms with Crippen LogP contribution in [0.2, 0.25) is 0 Å². The molecular formula is C19H19N3O4. The van der Waals surface area contributed by atoms with Crippen LogP contribution in [0, 0.1) is 0 Å². The van der Waals surface area contributed by atoms with Crippen molar-refractivity contribution in [3.05, 3.63) is 76.8 Å². The first-order valence-corrected chi connectivity index (χ1v) is 8.22. The molecule has 7 heteroatoms. The zero-order valence-corrected chi connectivity index (χ0v) is 14.0. The predicted molar refractivity (Wildman–Crippen MR) is 95.4 cm³/mol. The van der Waals surface area contributed by atoms with Gasteiger partial charge in [0.1, 0.15) is 12.2 Å². The molecule has 0 bridgehead atoms. The second-order valence-corrected chi connectivity index (χ2v) is 5.83. The highest BCUT2D eigenvalue weighted by molar-refractivity contribution is 5.76. The van der Waals surface area contributed by atoms with Gasteiger partial charge in [-0.05, 0) is 30.2 Å². The summed E-state index contributed by atoms with van der Waals surface area (Å²) in [7, 11) is 0. The summed E-state index contributed by atoms with van der Waals surface area (Å²) in [4.78, 5) is 24.2. The summed E-state index contributed by atoms with van der Waals surface area (Å²) in [5, 5.41) is 16.4. The SMILES string of the molecule is O=C(Cn1nc(-c2ccco2)ccc1=O)N[C@@H](CO)Cc1ccccc1. The Morgan fingerprint density at radius 3 is 2.65 bits per heavy atom.